The molecule has 9 heteroatoms. The maximum Gasteiger partial charge on any atom is 0.324 e. The third-order valence-electron chi connectivity index (χ3n) is 5.12. The van der Waals surface area contributed by atoms with Gasteiger partial charge in [0.25, 0.3) is 5.91 Å². The molecule has 1 heterocycles. The number of amides is 1. The molecule has 0 aliphatic carbocycles. The number of esters is 1. The fourth-order valence-electron chi connectivity index (χ4n) is 3.26. The van der Waals surface area contributed by atoms with Gasteiger partial charge in [-0.2, -0.15) is 4.72 Å². The Morgan fingerprint density at radius 2 is 1.60 bits per heavy atom. The smallest absolute Gasteiger partial charge is 0.324 e. The number of sulfonamides is 1. The van der Waals surface area contributed by atoms with Crippen molar-refractivity contribution >= 4 is 21.9 Å². The van der Waals surface area contributed by atoms with Gasteiger partial charge in [0.15, 0.2) is 6.61 Å². The van der Waals surface area contributed by atoms with Gasteiger partial charge in [0.1, 0.15) is 11.8 Å². The van der Waals surface area contributed by atoms with Crippen LogP contribution < -0.4 is 9.46 Å². The zero-order chi connectivity index (χ0) is 22.1. The molecule has 8 nitrogen and oxygen atoms in total. The van der Waals surface area contributed by atoms with E-state index in [1.54, 1.807) is 18.7 Å². The summed E-state index contributed by atoms with van der Waals surface area (Å²) in [6.45, 7) is 4.36. The number of likely N-dealkylation sites (tertiary alicyclic amines) is 1. The van der Waals surface area contributed by atoms with Crippen LogP contribution in [0.15, 0.2) is 29.2 Å². The number of hydrogen-bond donors (Lipinski definition) is 1. The number of methoxy groups -OCH3 is 1. The molecule has 2 rings (SSSR count). The zero-order valence-electron chi connectivity index (χ0n) is 17.9. The molecule has 0 bridgehead atoms. The number of carbonyl (C=O) groups excluding carboxylic acids is 2. The van der Waals surface area contributed by atoms with E-state index in [0.717, 1.165) is 25.7 Å². The second-order valence-electron chi connectivity index (χ2n) is 7.77. The third-order valence-corrected chi connectivity index (χ3v) is 6.58. The van der Waals surface area contributed by atoms with Gasteiger partial charge in [-0.3, -0.25) is 9.59 Å². The summed E-state index contributed by atoms with van der Waals surface area (Å²) in [6, 6.07) is 4.75. The Morgan fingerprint density at radius 3 is 2.13 bits per heavy atom. The summed E-state index contributed by atoms with van der Waals surface area (Å²) in [5.74, 6) is -0.841. The van der Waals surface area contributed by atoms with Gasteiger partial charge in [0.2, 0.25) is 10.0 Å². The molecule has 168 valence electrons. The van der Waals surface area contributed by atoms with Crippen LogP contribution in [-0.2, 0) is 24.3 Å². The third kappa shape index (κ3) is 6.98. The summed E-state index contributed by atoms with van der Waals surface area (Å²) in [5, 5.41) is 0. The van der Waals surface area contributed by atoms with Crippen LogP contribution in [0.25, 0.3) is 0 Å². The number of ether oxygens (including phenoxy) is 2. The van der Waals surface area contributed by atoms with E-state index in [2.05, 4.69) is 4.72 Å². The minimum atomic E-state index is -3.94. The van der Waals surface area contributed by atoms with Crippen LogP contribution in [0.2, 0.25) is 0 Å². The fourth-order valence-corrected chi connectivity index (χ4v) is 4.59. The Hall–Kier alpha value is -2.13. The van der Waals surface area contributed by atoms with Crippen LogP contribution in [0.3, 0.4) is 0 Å². The van der Waals surface area contributed by atoms with E-state index >= 15 is 0 Å². The van der Waals surface area contributed by atoms with Crippen LogP contribution in [0.1, 0.15) is 46.0 Å². The maximum absolute atomic E-state index is 12.7. The van der Waals surface area contributed by atoms with Crippen LogP contribution in [-0.4, -0.2) is 58.0 Å². The van der Waals surface area contributed by atoms with E-state index in [-0.39, 0.29) is 23.3 Å². The summed E-state index contributed by atoms with van der Waals surface area (Å²) in [4.78, 5) is 26.7. The van der Waals surface area contributed by atoms with E-state index in [1.807, 2.05) is 0 Å². The Morgan fingerprint density at radius 1 is 1.03 bits per heavy atom. The Labute approximate surface area is 179 Å². The molecule has 1 aliphatic rings. The van der Waals surface area contributed by atoms with E-state index in [9.17, 15) is 18.0 Å². The summed E-state index contributed by atoms with van der Waals surface area (Å²) >= 11 is 0. The highest BCUT2D eigenvalue weighted by Crippen LogP contribution is 2.17. The summed E-state index contributed by atoms with van der Waals surface area (Å²) in [6.07, 6.45) is 5.24. The van der Waals surface area contributed by atoms with Gasteiger partial charge >= 0.3 is 5.97 Å². The highest BCUT2D eigenvalue weighted by Gasteiger charge is 2.30. The first-order chi connectivity index (χ1) is 14.2. The molecule has 1 atom stereocenters. The Bertz CT molecular complexity index is 799. The molecule has 0 spiro atoms. The second kappa shape index (κ2) is 11.3. The SMILES string of the molecule is COc1ccc(S(=O)(=O)N[C@H](C(=O)OCC(=O)N2CCCCCCC2)C(C)C)cc1. The summed E-state index contributed by atoms with van der Waals surface area (Å²) in [5.41, 5.74) is 0. The van der Waals surface area contributed by atoms with Crippen LogP contribution in [0, 0.1) is 5.92 Å². The number of nitrogens with one attached hydrogen (secondary N) is 1. The van der Waals surface area contributed by atoms with Gasteiger partial charge in [0.05, 0.1) is 12.0 Å². The Kier molecular flexibility index (Phi) is 9.10. The normalized spacial score (nSPS) is 16.5. The lowest BCUT2D eigenvalue weighted by atomic mass is 10.1. The summed E-state index contributed by atoms with van der Waals surface area (Å²) in [7, 11) is -2.46. The lowest BCUT2D eigenvalue weighted by Crippen LogP contribution is -2.46. The van der Waals surface area contributed by atoms with Crippen molar-refractivity contribution in [3.8, 4) is 5.75 Å². The molecule has 1 N–H and O–H groups in total. The molecule has 1 fully saturated rings. The maximum atomic E-state index is 12.7. The van der Waals surface area contributed by atoms with Crippen molar-refractivity contribution < 1.29 is 27.5 Å². The summed E-state index contributed by atoms with van der Waals surface area (Å²) < 4.78 is 38.0. The van der Waals surface area contributed by atoms with E-state index < -0.39 is 22.0 Å². The van der Waals surface area contributed by atoms with E-state index in [0.29, 0.717) is 18.8 Å². The van der Waals surface area contributed by atoms with E-state index in [1.165, 1.54) is 37.8 Å². The molecular formula is C21H32N2O6S. The van der Waals surface area contributed by atoms with Gasteiger partial charge in [-0.05, 0) is 43.0 Å². The molecule has 1 amide bonds. The number of carbonyl (C=O) groups is 2. The predicted molar refractivity (Wildman–Crippen MR) is 113 cm³/mol. The first-order valence-electron chi connectivity index (χ1n) is 10.4. The molecule has 1 aromatic rings. The largest absolute Gasteiger partial charge is 0.497 e. The minimum absolute atomic E-state index is 0.0125. The molecule has 1 aromatic carbocycles. The highest BCUT2D eigenvalue weighted by molar-refractivity contribution is 7.89. The van der Waals surface area contributed by atoms with Crippen molar-refractivity contribution in [1.82, 2.24) is 9.62 Å². The van der Waals surface area contributed by atoms with Gasteiger partial charge in [-0.25, -0.2) is 8.42 Å². The van der Waals surface area contributed by atoms with Gasteiger partial charge in [0, 0.05) is 13.1 Å². The Balaban J connectivity index is 1.98. The van der Waals surface area contributed by atoms with Crippen molar-refractivity contribution in [1.29, 1.82) is 0 Å². The average molecular weight is 441 g/mol. The topological polar surface area (TPSA) is 102 Å². The van der Waals surface area contributed by atoms with Crippen LogP contribution >= 0.6 is 0 Å². The van der Waals surface area contributed by atoms with Crippen LogP contribution in [0.5, 0.6) is 5.75 Å². The van der Waals surface area contributed by atoms with Crippen molar-refractivity contribution in [2.24, 2.45) is 5.92 Å². The molecule has 0 aromatic heterocycles. The first kappa shape index (κ1) is 24.1. The quantitative estimate of drug-likeness (QED) is 0.623. The minimum Gasteiger partial charge on any atom is -0.497 e. The molecule has 0 radical (unpaired) electrons. The van der Waals surface area contributed by atoms with Crippen molar-refractivity contribution in [3.63, 3.8) is 0 Å². The number of nitrogens with zero attached hydrogens (tertiary/aromatic N) is 1. The zero-order valence-corrected chi connectivity index (χ0v) is 18.7. The monoisotopic (exact) mass is 440 g/mol. The number of rotatable bonds is 8. The standard InChI is InChI=1S/C21H32N2O6S/c1-16(2)20(22-30(26,27)18-11-9-17(28-3)10-12-18)21(25)29-15-19(24)23-13-7-5-4-6-8-14-23/h9-12,16,20,22H,4-8,13-15H2,1-3H3/t20-/m0/s1. The van der Waals surface area contributed by atoms with Gasteiger partial charge < -0.3 is 14.4 Å². The number of benzene rings is 1. The second-order valence-corrected chi connectivity index (χ2v) is 9.49. The molecule has 30 heavy (non-hydrogen) atoms. The molecule has 0 unspecified atom stereocenters. The highest BCUT2D eigenvalue weighted by atomic mass is 32.2. The molecule has 1 saturated heterocycles. The van der Waals surface area contributed by atoms with Crippen molar-refractivity contribution in [3.05, 3.63) is 24.3 Å². The lowest BCUT2D eigenvalue weighted by molar-refractivity contribution is -0.154. The van der Waals surface area contributed by atoms with Crippen molar-refractivity contribution in [2.45, 2.75) is 56.9 Å². The average Bonchev–Trinajstić information content (AvgIpc) is 2.69. The number of hydrogen-bond acceptors (Lipinski definition) is 6. The lowest BCUT2D eigenvalue weighted by Gasteiger charge is -2.25. The molecule has 0 saturated carbocycles. The van der Waals surface area contributed by atoms with Crippen LogP contribution in [0.4, 0.5) is 0 Å². The van der Waals surface area contributed by atoms with Gasteiger partial charge in [-0.1, -0.05) is 33.1 Å². The predicted octanol–water partition coefficient (Wildman–Crippen LogP) is 2.33. The van der Waals surface area contributed by atoms with Gasteiger partial charge in [-0.15, -0.1) is 0 Å². The van der Waals surface area contributed by atoms with Crippen molar-refractivity contribution in [2.75, 3.05) is 26.8 Å². The van der Waals surface area contributed by atoms with E-state index in [4.69, 9.17) is 9.47 Å². The molecular weight excluding hydrogens is 408 g/mol. The first-order valence-corrected chi connectivity index (χ1v) is 11.8. The molecule has 1 aliphatic heterocycles. The fraction of sp³-hybridized carbons (Fsp3) is 0.619.